The molecule has 0 amide bonds. The maximum atomic E-state index is 10.5. The highest BCUT2D eigenvalue weighted by atomic mass is 16.4. The van der Waals surface area contributed by atoms with Gasteiger partial charge in [-0.2, -0.15) is 0 Å². The normalized spacial score (nSPS) is 9.22. The van der Waals surface area contributed by atoms with Crippen molar-refractivity contribution in [2.24, 2.45) is 0 Å². The minimum atomic E-state index is -1.23. The Bertz CT molecular complexity index is 351. The van der Waals surface area contributed by atoms with Gasteiger partial charge in [0.15, 0.2) is 0 Å². The Morgan fingerprint density at radius 3 is 1.39 bits per heavy atom. The Morgan fingerprint density at radius 2 is 1.17 bits per heavy atom. The summed E-state index contributed by atoms with van der Waals surface area (Å²) in [6.45, 7) is 0.390. The van der Waals surface area contributed by atoms with E-state index in [0.29, 0.717) is 0 Å². The van der Waals surface area contributed by atoms with Crippen LogP contribution in [0.5, 0.6) is 0 Å². The molecule has 0 unspecified atom stereocenters. The first-order valence-corrected chi connectivity index (χ1v) is 5.32. The van der Waals surface area contributed by atoms with Crippen LogP contribution in [-0.2, 0) is 0 Å². The second-order valence-corrected chi connectivity index (χ2v) is 3.31. The molecule has 100 valence electrons. The third kappa shape index (κ3) is 5.97. The number of carbonyl (C=O) groups is 2. The average molecular weight is 256 g/mol. The molecule has 0 aromatic heterocycles. The number of rotatable bonds is 5. The number of carboxylic acids is 2. The molecule has 0 saturated heterocycles. The summed E-state index contributed by atoms with van der Waals surface area (Å²) >= 11 is 0. The summed E-state index contributed by atoms with van der Waals surface area (Å²) in [4.78, 5) is 20.9. The largest absolute Gasteiger partial charge is 0.478 e. The number of unbranched alkanes of at least 4 members (excludes halogenated alkanes) is 1. The van der Waals surface area contributed by atoms with Gasteiger partial charge in [-0.25, -0.2) is 9.59 Å². The van der Waals surface area contributed by atoms with E-state index in [1.807, 2.05) is 0 Å². The van der Waals surface area contributed by atoms with Crippen LogP contribution in [0.25, 0.3) is 0 Å². The van der Waals surface area contributed by atoms with Gasteiger partial charge in [-0.3, -0.25) is 0 Å². The molecular formula is C12H16O6. The Labute approximate surface area is 104 Å². The molecule has 18 heavy (non-hydrogen) atoms. The SMILES string of the molecule is O=C(O)c1ccccc1C(=O)O.OCCCCO. The van der Waals surface area contributed by atoms with Crippen molar-refractivity contribution in [2.75, 3.05) is 13.2 Å². The van der Waals surface area contributed by atoms with Crippen LogP contribution < -0.4 is 0 Å². The van der Waals surface area contributed by atoms with Crippen molar-refractivity contribution in [3.63, 3.8) is 0 Å². The van der Waals surface area contributed by atoms with E-state index in [-0.39, 0.29) is 24.3 Å². The average Bonchev–Trinajstić information content (AvgIpc) is 2.37. The molecule has 6 nitrogen and oxygen atoms in total. The zero-order valence-corrected chi connectivity index (χ0v) is 9.74. The maximum Gasteiger partial charge on any atom is 0.336 e. The molecule has 0 aliphatic carbocycles. The third-order valence-corrected chi connectivity index (χ3v) is 1.95. The van der Waals surface area contributed by atoms with E-state index in [4.69, 9.17) is 20.4 Å². The molecule has 1 rings (SSSR count). The minimum absolute atomic E-state index is 0.190. The van der Waals surface area contributed by atoms with Crippen LogP contribution in [0, 0.1) is 0 Å². The van der Waals surface area contributed by atoms with E-state index in [1.54, 1.807) is 0 Å². The highest BCUT2D eigenvalue weighted by molar-refractivity contribution is 6.01. The van der Waals surface area contributed by atoms with Gasteiger partial charge in [0.05, 0.1) is 11.1 Å². The summed E-state index contributed by atoms with van der Waals surface area (Å²) in [6.07, 6.45) is 1.44. The second kappa shape index (κ2) is 9.15. The first-order chi connectivity index (χ1) is 8.54. The van der Waals surface area contributed by atoms with Crippen LogP contribution >= 0.6 is 0 Å². The van der Waals surface area contributed by atoms with Gasteiger partial charge >= 0.3 is 11.9 Å². The lowest BCUT2D eigenvalue weighted by Crippen LogP contribution is -2.06. The quantitative estimate of drug-likeness (QED) is 0.580. The fraction of sp³-hybridized carbons (Fsp3) is 0.333. The first kappa shape index (κ1) is 16.1. The van der Waals surface area contributed by atoms with Gasteiger partial charge in [0.2, 0.25) is 0 Å². The zero-order valence-electron chi connectivity index (χ0n) is 9.74. The first-order valence-electron chi connectivity index (χ1n) is 5.32. The molecule has 0 atom stereocenters. The van der Waals surface area contributed by atoms with Crippen molar-refractivity contribution in [1.29, 1.82) is 0 Å². The lowest BCUT2D eigenvalue weighted by molar-refractivity contribution is 0.0651. The van der Waals surface area contributed by atoms with Gasteiger partial charge < -0.3 is 20.4 Å². The van der Waals surface area contributed by atoms with Gasteiger partial charge in [0.25, 0.3) is 0 Å². The molecule has 0 fully saturated rings. The zero-order chi connectivity index (χ0) is 14.0. The van der Waals surface area contributed by atoms with Gasteiger partial charge in [-0.15, -0.1) is 0 Å². The molecule has 0 radical (unpaired) electrons. The van der Waals surface area contributed by atoms with Crippen molar-refractivity contribution in [3.05, 3.63) is 35.4 Å². The fourth-order valence-corrected chi connectivity index (χ4v) is 1.08. The van der Waals surface area contributed by atoms with E-state index in [1.165, 1.54) is 24.3 Å². The summed E-state index contributed by atoms with van der Waals surface area (Å²) in [5, 5.41) is 33.3. The summed E-state index contributed by atoms with van der Waals surface area (Å²) in [6, 6.07) is 5.48. The second-order valence-electron chi connectivity index (χ2n) is 3.31. The van der Waals surface area contributed by atoms with Crippen LogP contribution in [0.15, 0.2) is 24.3 Å². The summed E-state index contributed by atoms with van der Waals surface area (Å²) in [5.74, 6) is -2.46. The number of aromatic carboxylic acids is 2. The standard InChI is InChI=1S/C8H6O4.C4H10O2/c9-7(10)5-3-1-2-4-6(5)8(11)12;5-3-1-2-4-6/h1-4H,(H,9,10)(H,11,12);5-6H,1-4H2. The van der Waals surface area contributed by atoms with Gasteiger partial charge in [0, 0.05) is 13.2 Å². The van der Waals surface area contributed by atoms with Crippen molar-refractivity contribution >= 4 is 11.9 Å². The number of aliphatic hydroxyl groups is 2. The van der Waals surface area contributed by atoms with E-state index in [9.17, 15) is 9.59 Å². The lowest BCUT2D eigenvalue weighted by atomic mass is 10.1. The monoisotopic (exact) mass is 256 g/mol. The number of hydrogen-bond acceptors (Lipinski definition) is 4. The Balaban J connectivity index is 0.000000411. The summed E-state index contributed by atoms with van der Waals surface area (Å²) in [5.41, 5.74) is -0.380. The van der Waals surface area contributed by atoms with Crippen molar-refractivity contribution < 1.29 is 30.0 Å². The molecule has 0 spiro atoms. The lowest BCUT2D eigenvalue weighted by Gasteiger charge is -1.98. The van der Waals surface area contributed by atoms with Crippen molar-refractivity contribution in [2.45, 2.75) is 12.8 Å². The molecule has 0 saturated carbocycles. The molecule has 1 aromatic rings. The molecule has 0 heterocycles. The highest BCUT2D eigenvalue weighted by Gasteiger charge is 2.13. The number of benzene rings is 1. The molecule has 6 heteroatoms. The van der Waals surface area contributed by atoms with Crippen LogP contribution in [0.3, 0.4) is 0 Å². The molecule has 0 bridgehead atoms. The number of carboxylic acid groups (broad SMARTS) is 2. The molecule has 0 aliphatic heterocycles. The van der Waals surface area contributed by atoms with Crippen LogP contribution in [0.4, 0.5) is 0 Å². The Hall–Kier alpha value is -1.92. The predicted octanol–water partition coefficient (Wildman–Crippen LogP) is 0.834. The molecule has 1 aromatic carbocycles. The van der Waals surface area contributed by atoms with E-state index in [2.05, 4.69) is 0 Å². The maximum absolute atomic E-state index is 10.5. The predicted molar refractivity (Wildman–Crippen MR) is 63.8 cm³/mol. The van der Waals surface area contributed by atoms with Gasteiger partial charge in [0.1, 0.15) is 0 Å². The van der Waals surface area contributed by atoms with E-state index in [0.717, 1.165) is 12.8 Å². The highest BCUT2D eigenvalue weighted by Crippen LogP contribution is 2.07. The van der Waals surface area contributed by atoms with Crippen molar-refractivity contribution in [1.82, 2.24) is 0 Å². The summed E-state index contributed by atoms with van der Waals surface area (Å²) < 4.78 is 0. The molecular weight excluding hydrogens is 240 g/mol. The minimum Gasteiger partial charge on any atom is -0.478 e. The van der Waals surface area contributed by atoms with Gasteiger partial charge in [-0.1, -0.05) is 12.1 Å². The van der Waals surface area contributed by atoms with E-state index >= 15 is 0 Å². The Morgan fingerprint density at radius 1 is 0.833 bits per heavy atom. The van der Waals surface area contributed by atoms with Crippen molar-refractivity contribution in [3.8, 4) is 0 Å². The number of aliphatic hydroxyl groups excluding tert-OH is 2. The summed E-state index contributed by atoms with van der Waals surface area (Å²) in [7, 11) is 0. The smallest absolute Gasteiger partial charge is 0.336 e. The molecule has 0 aliphatic rings. The van der Waals surface area contributed by atoms with E-state index < -0.39 is 11.9 Å². The Kier molecular flexibility index (Phi) is 8.17. The van der Waals surface area contributed by atoms with Crippen LogP contribution in [-0.4, -0.2) is 45.6 Å². The number of hydrogen-bond donors (Lipinski definition) is 4. The van der Waals surface area contributed by atoms with Gasteiger partial charge in [-0.05, 0) is 25.0 Å². The topological polar surface area (TPSA) is 115 Å². The van der Waals surface area contributed by atoms with Crippen LogP contribution in [0.1, 0.15) is 33.6 Å². The van der Waals surface area contributed by atoms with Crippen LogP contribution in [0.2, 0.25) is 0 Å². The molecule has 4 N–H and O–H groups in total. The fourth-order valence-electron chi connectivity index (χ4n) is 1.08. The third-order valence-electron chi connectivity index (χ3n) is 1.95.